The van der Waals surface area contributed by atoms with Gasteiger partial charge in [-0.2, -0.15) is 11.8 Å². The molecule has 1 aliphatic carbocycles. The molecule has 2 N–H and O–H groups in total. The largest absolute Gasteiger partial charge is 0.313 e. The molecule has 1 aliphatic rings. The molecule has 7 heteroatoms. The summed E-state index contributed by atoms with van der Waals surface area (Å²) in [5, 5.41) is 5.71. The summed E-state index contributed by atoms with van der Waals surface area (Å²) < 4.78 is 28.0. The van der Waals surface area contributed by atoms with Crippen LogP contribution in [-0.4, -0.2) is 32.5 Å². The molecule has 0 aromatic carbocycles. The zero-order valence-electron chi connectivity index (χ0n) is 11.9. The predicted molar refractivity (Wildman–Crippen MR) is 87.0 cm³/mol. The maximum atomic E-state index is 12.3. The second kappa shape index (κ2) is 7.26. The van der Waals surface area contributed by atoms with E-state index in [2.05, 4.69) is 16.3 Å². The fourth-order valence-corrected chi connectivity index (χ4v) is 5.70. The monoisotopic (exact) mass is 334 g/mol. The van der Waals surface area contributed by atoms with Gasteiger partial charge in [-0.3, -0.25) is 0 Å². The van der Waals surface area contributed by atoms with Crippen molar-refractivity contribution >= 4 is 33.1 Å². The summed E-state index contributed by atoms with van der Waals surface area (Å²) in [4.78, 5) is 0. The van der Waals surface area contributed by atoms with Gasteiger partial charge in [0.1, 0.15) is 4.21 Å². The lowest BCUT2D eigenvalue weighted by Crippen LogP contribution is -2.32. The second-order valence-corrected chi connectivity index (χ2v) is 9.03. The zero-order chi connectivity index (χ0) is 14.6. The molecule has 2 unspecified atom stereocenters. The number of hydrogen-bond acceptors (Lipinski definition) is 5. The van der Waals surface area contributed by atoms with Crippen molar-refractivity contribution in [2.24, 2.45) is 0 Å². The molecule has 20 heavy (non-hydrogen) atoms. The third kappa shape index (κ3) is 4.21. The first-order chi connectivity index (χ1) is 9.55. The van der Waals surface area contributed by atoms with E-state index < -0.39 is 10.0 Å². The average Bonchev–Trinajstić information content (AvgIpc) is 3.04. The van der Waals surface area contributed by atoms with E-state index in [9.17, 15) is 8.42 Å². The summed E-state index contributed by atoms with van der Waals surface area (Å²) in [6, 6.07) is 1.87. The van der Waals surface area contributed by atoms with Crippen molar-refractivity contribution in [1.82, 2.24) is 10.0 Å². The lowest BCUT2D eigenvalue weighted by molar-refractivity contribution is 0.554. The van der Waals surface area contributed by atoms with Gasteiger partial charge in [0, 0.05) is 17.8 Å². The fraction of sp³-hybridized carbons (Fsp3) is 0.692. The topological polar surface area (TPSA) is 58.2 Å². The molecular formula is C13H22N2O2S3. The van der Waals surface area contributed by atoms with E-state index in [0.717, 1.165) is 37.9 Å². The van der Waals surface area contributed by atoms with Crippen molar-refractivity contribution in [3.05, 3.63) is 17.0 Å². The number of thiophene rings is 1. The number of sulfonamides is 1. The van der Waals surface area contributed by atoms with Crippen LogP contribution < -0.4 is 10.0 Å². The van der Waals surface area contributed by atoms with Gasteiger partial charge in [0.25, 0.3) is 0 Å². The van der Waals surface area contributed by atoms with Crippen molar-refractivity contribution in [3.63, 3.8) is 0 Å². The Balaban J connectivity index is 1.98. The van der Waals surface area contributed by atoms with Crippen LogP contribution in [0.2, 0.25) is 0 Å². The average molecular weight is 335 g/mol. The first-order valence-electron chi connectivity index (χ1n) is 6.88. The van der Waals surface area contributed by atoms with Gasteiger partial charge in [0.15, 0.2) is 0 Å². The van der Waals surface area contributed by atoms with E-state index in [4.69, 9.17) is 0 Å². The summed E-state index contributed by atoms with van der Waals surface area (Å²) >= 11 is 3.13. The smallest absolute Gasteiger partial charge is 0.250 e. The number of thioether (sulfide) groups is 1. The Morgan fingerprint density at radius 3 is 2.90 bits per heavy atom. The Hall–Kier alpha value is -0.0800. The molecule has 0 radical (unpaired) electrons. The Morgan fingerprint density at radius 2 is 2.25 bits per heavy atom. The van der Waals surface area contributed by atoms with Gasteiger partial charge < -0.3 is 5.32 Å². The minimum absolute atomic E-state index is 0.0942. The molecule has 114 valence electrons. The highest BCUT2D eigenvalue weighted by Crippen LogP contribution is 2.30. The van der Waals surface area contributed by atoms with Crippen LogP contribution in [0.3, 0.4) is 0 Å². The summed E-state index contributed by atoms with van der Waals surface area (Å²) in [6.45, 7) is 3.64. The fourth-order valence-electron chi connectivity index (χ4n) is 2.39. The van der Waals surface area contributed by atoms with Crippen molar-refractivity contribution < 1.29 is 8.42 Å². The zero-order valence-corrected chi connectivity index (χ0v) is 14.3. The molecule has 1 heterocycles. The minimum Gasteiger partial charge on any atom is -0.313 e. The van der Waals surface area contributed by atoms with Crippen LogP contribution in [0.4, 0.5) is 0 Å². The Labute approximate surface area is 129 Å². The minimum atomic E-state index is -3.35. The molecule has 0 amide bonds. The number of hydrogen-bond donors (Lipinski definition) is 2. The van der Waals surface area contributed by atoms with Gasteiger partial charge in [-0.25, -0.2) is 13.1 Å². The summed E-state index contributed by atoms with van der Waals surface area (Å²) in [6.07, 6.45) is 5.08. The molecule has 1 aromatic rings. The first kappa shape index (κ1) is 16.3. The van der Waals surface area contributed by atoms with Crippen LogP contribution >= 0.6 is 23.1 Å². The normalized spacial score (nSPS) is 23.3. The van der Waals surface area contributed by atoms with Crippen LogP contribution in [0, 0.1) is 0 Å². The molecule has 0 bridgehead atoms. The van der Waals surface area contributed by atoms with Crippen LogP contribution in [0.5, 0.6) is 0 Å². The van der Waals surface area contributed by atoms with E-state index >= 15 is 0 Å². The molecule has 1 aromatic heterocycles. The van der Waals surface area contributed by atoms with Gasteiger partial charge in [0.05, 0.1) is 0 Å². The number of rotatable bonds is 7. The van der Waals surface area contributed by atoms with E-state index in [1.54, 1.807) is 6.07 Å². The van der Waals surface area contributed by atoms with Crippen LogP contribution in [-0.2, 0) is 16.6 Å². The first-order valence-corrected chi connectivity index (χ1v) is 10.5. The van der Waals surface area contributed by atoms with Crippen LogP contribution in [0.1, 0.15) is 31.7 Å². The second-order valence-electron chi connectivity index (χ2n) is 5.04. The number of nitrogens with one attached hydrogen (secondary N) is 2. The van der Waals surface area contributed by atoms with Gasteiger partial charge in [-0.05, 0) is 49.1 Å². The molecule has 1 fully saturated rings. The molecular weight excluding hydrogens is 312 g/mol. The third-order valence-corrected chi connectivity index (χ3v) is 7.62. The molecule has 0 spiro atoms. The molecule has 4 nitrogen and oxygen atoms in total. The van der Waals surface area contributed by atoms with Crippen LogP contribution in [0.15, 0.2) is 15.7 Å². The highest BCUT2D eigenvalue weighted by molar-refractivity contribution is 7.99. The highest BCUT2D eigenvalue weighted by Gasteiger charge is 2.28. The Bertz CT molecular complexity index is 527. The van der Waals surface area contributed by atoms with E-state index in [1.165, 1.54) is 11.3 Å². The van der Waals surface area contributed by atoms with Crippen molar-refractivity contribution in [2.75, 3.05) is 12.8 Å². The van der Waals surface area contributed by atoms with E-state index in [0.29, 0.717) is 9.46 Å². The SMILES string of the molecule is CCNCc1csc(S(=O)(=O)NC2CCC(SC)C2)c1. The summed E-state index contributed by atoms with van der Waals surface area (Å²) in [5.74, 6) is 0. The predicted octanol–water partition coefficient (Wildman–Crippen LogP) is 2.42. The molecule has 0 aliphatic heterocycles. The van der Waals surface area contributed by atoms with Crippen molar-refractivity contribution in [1.29, 1.82) is 0 Å². The lowest BCUT2D eigenvalue weighted by Gasteiger charge is -2.12. The molecule has 0 saturated heterocycles. The lowest BCUT2D eigenvalue weighted by atomic mass is 10.3. The molecule has 1 saturated carbocycles. The molecule has 2 rings (SSSR count). The van der Waals surface area contributed by atoms with Crippen molar-refractivity contribution in [2.45, 2.75) is 48.2 Å². The standard InChI is InChI=1S/C13H22N2O2S3/c1-3-14-8-10-6-13(19-9-10)20(16,17)15-11-4-5-12(7-11)18-2/h6,9,11-12,14-15H,3-5,7-8H2,1-2H3. The van der Waals surface area contributed by atoms with Gasteiger partial charge in [-0.1, -0.05) is 6.92 Å². The summed E-state index contributed by atoms with van der Waals surface area (Å²) in [7, 11) is -3.35. The Morgan fingerprint density at radius 1 is 1.45 bits per heavy atom. The Kier molecular flexibility index (Phi) is 5.92. The third-order valence-electron chi connectivity index (χ3n) is 3.51. The van der Waals surface area contributed by atoms with Gasteiger partial charge >= 0.3 is 0 Å². The highest BCUT2D eigenvalue weighted by atomic mass is 32.2. The van der Waals surface area contributed by atoms with E-state index in [-0.39, 0.29) is 6.04 Å². The van der Waals surface area contributed by atoms with Crippen LogP contribution in [0.25, 0.3) is 0 Å². The maximum absolute atomic E-state index is 12.3. The molecule has 2 atom stereocenters. The van der Waals surface area contributed by atoms with E-state index in [1.807, 2.05) is 24.1 Å². The van der Waals surface area contributed by atoms with Gasteiger partial charge in [-0.15, -0.1) is 11.3 Å². The maximum Gasteiger partial charge on any atom is 0.250 e. The van der Waals surface area contributed by atoms with Gasteiger partial charge in [0.2, 0.25) is 10.0 Å². The summed E-state index contributed by atoms with van der Waals surface area (Å²) in [5.41, 5.74) is 1.03. The quantitative estimate of drug-likeness (QED) is 0.804. The van der Waals surface area contributed by atoms with Crippen molar-refractivity contribution in [3.8, 4) is 0 Å².